The molecular formula is C15H26O. The molecule has 2 atom stereocenters. The molecule has 2 bridgehead atoms. The topological polar surface area (TPSA) is 9.23 Å². The van der Waals surface area contributed by atoms with Crippen LogP contribution in [0.4, 0.5) is 0 Å². The largest absolute Gasteiger partial charge is 0.378 e. The van der Waals surface area contributed by atoms with Crippen LogP contribution in [0.5, 0.6) is 0 Å². The zero-order valence-corrected chi connectivity index (χ0v) is 10.9. The average molecular weight is 222 g/mol. The Morgan fingerprint density at radius 2 is 1.56 bits per heavy atom. The summed E-state index contributed by atoms with van der Waals surface area (Å²) in [6, 6.07) is 0. The van der Waals surface area contributed by atoms with Gasteiger partial charge in [0, 0.05) is 0 Å². The molecule has 0 N–H and O–H groups in total. The summed E-state index contributed by atoms with van der Waals surface area (Å²) in [6.45, 7) is 5.79. The predicted octanol–water partition coefficient (Wildman–Crippen LogP) is 4.16. The van der Waals surface area contributed by atoms with E-state index in [2.05, 4.69) is 13.8 Å². The van der Waals surface area contributed by atoms with E-state index in [0.717, 1.165) is 12.5 Å². The Labute approximate surface area is 99.9 Å². The van der Waals surface area contributed by atoms with Crippen LogP contribution >= 0.6 is 0 Å². The molecule has 1 aliphatic heterocycles. The molecule has 92 valence electrons. The van der Waals surface area contributed by atoms with E-state index in [9.17, 15) is 0 Å². The van der Waals surface area contributed by atoms with E-state index in [1.165, 1.54) is 51.4 Å². The van der Waals surface area contributed by atoms with Gasteiger partial charge < -0.3 is 4.74 Å². The molecule has 0 spiro atoms. The van der Waals surface area contributed by atoms with Crippen molar-refractivity contribution in [1.82, 2.24) is 0 Å². The minimum atomic E-state index is 0.519. The van der Waals surface area contributed by atoms with Gasteiger partial charge in [-0.1, -0.05) is 6.92 Å². The van der Waals surface area contributed by atoms with Gasteiger partial charge in [0.2, 0.25) is 0 Å². The van der Waals surface area contributed by atoms with Crippen molar-refractivity contribution in [3.05, 3.63) is 0 Å². The van der Waals surface area contributed by atoms with Crippen LogP contribution in [-0.4, -0.2) is 12.7 Å². The van der Waals surface area contributed by atoms with Crippen molar-refractivity contribution in [3.8, 4) is 0 Å². The Hall–Kier alpha value is -0.0400. The second kappa shape index (κ2) is 3.73. The number of ether oxygens (including phenoxy) is 1. The minimum absolute atomic E-state index is 0.519. The number of fused-ring (bicyclic) bond motifs is 3. The van der Waals surface area contributed by atoms with Gasteiger partial charge in [0.25, 0.3) is 0 Å². The van der Waals surface area contributed by atoms with Gasteiger partial charge in [0.15, 0.2) is 0 Å². The monoisotopic (exact) mass is 222 g/mol. The molecule has 2 unspecified atom stereocenters. The maximum Gasteiger partial charge on any atom is 0.0547 e. The lowest BCUT2D eigenvalue weighted by molar-refractivity contribution is -0.104. The highest BCUT2D eigenvalue weighted by Crippen LogP contribution is 2.60. The van der Waals surface area contributed by atoms with Crippen LogP contribution in [0.15, 0.2) is 0 Å². The van der Waals surface area contributed by atoms with E-state index in [1.807, 2.05) is 0 Å². The molecule has 16 heavy (non-hydrogen) atoms. The Kier molecular flexibility index (Phi) is 2.58. The molecule has 0 aromatic carbocycles. The molecular weight excluding hydrogens is 196 g/mol. The van der Waals surface area contributed by atoms with Gasteiger partial charge in [0.05, 0.1) is 12.7 Å². The second-order valence-electron chi connectivity index (χ2n) is 7.09. The van der Waals surface area contributed by atoms with Crippen LogP contribution in [0.1, 0.15) is 65.2 Å². The van der Waals surface area contributed by atoms with Gasteiger partial charge >= 0.3 is 0 Å². The first-order valence-electron chi connectivity index (χ1n) is 7.24. The molecule has 0 radical (unpaired) electrons. The van der Waals surface area contributed by atoms with Crippen LogP contribution in [0.2, 0.25) is 0 Å². The fourth-order valence-corrected chi connectivity index (χ4v) is 4.38. The van der Waals surface area contributed by atoms with Crippen molar-refractivity contribution in [1.29, 1.82) is 0 Å². The van der Waals surface area contributed by atoms with Gasteiger partial charge in [0.1, 0.15) is 0 Å². The van der Waals surface area contributed by atoms with Crippen molar-refractivity contribution < 1.29 is 4.74 Å². The Bertz CT molecular complexity index is 238. The second-order valence-corrected chi connectivity index (χ2v) is 7.09. The summed E-state index contributed by atoms with van der Waals surface area (Å²) in [5, 5.41) is 0. The van der Waals surface area contributed by atoms with E-state index in [1.54, 1.807) is 0 Å². The van der Waals surface area contributed by atoms with E-state index < -0.39 is 0 Å². The molecule has 4 fully saturated rings. The van der Waals surface area contributed by atoms with Crippen molar-refractivity contribution in [2.24, 2.45) is 16.7 Å². The zero-order valence-electron chi connectivity index (χ0n) is 10.9. The molecule has 0 aromatic heterocycles. The molecule has 3 saturated carbocycles. The standard InChI is InChI=1S/C15H26O/c1-12-3-4-13(11-16-12)15-8-5-14(2,6-9-15)7-10-15/h12-13H,3-11H2,1-2H3. The summed E-state index contributed by atoms with van der Waals surface area (Å²) in [4.78, 5) is 0. The molecule has 0 amide bonds. The van der Waals surface area contributed by atoms with E-state index >= 15 is 0 Å². The lowest BCUT2D eigenvalue weighted by Gasteiger charge is -2.56. The van der Waals surface area contributed by atoms with E-state index in [-0.39, 0.29) is 0 Å². The third-order valence-electron chi connectivity index (χ3n) is 6.05. The van der Waals surface area contributed by atoms with E-state index in [0.29, 0.717) is 16.9 Å². The van der Waals surface area contributed by atoms with E-state index in [4.69, 9.17) is 4.74 Å². The molecule has 1 heteroatoms. The van der Waals surface area contributed by atoms with Crippen LogP contribution in [0.3, 0.4) is 0 Å². The summed E-state index contributed by atoms with van der Waals surface area (Å²) >= 11 is 0. The van der Waals surface area contributed by atoms with Crippen molar-refractivity contribution in [3.63, 3.8) is 0 Å². The quantitative estimate of drug-likeness (QED) is 0.647. The van der Waals surface area contributed by atoms with Crippen molar-refractivity contribution in [2.75, 3.05) is 6.61 Å². The maximum atomic E-state index is 5.91. The Balaban J connectivity index is 1.70. The third kappa shape index (κ3) is 1.72. The van der Waals surface area contributed by atoms with Gasteiger partial charge in [-0.2, -0.15) is 0 Å². The summed E-state index contributed by atoms with van der Waals surface area (Å²) in [5.41, 5.74) is 1.41. The Morgan fingerprint density at radius 3 is 2.06 bits per heavy atom. The predicted molar refractivity (Wildman–Crippen MR) is 66.4 cm³/mol. The summed E-state index contributed by atoms with van der Waals surface area (Å²) < 4.78 is 5.91. The molecule has 4 aliphatic rings. The van der Waals surface area contributed by atoms with Crippen LogP contribution in [0, 0.1) is 16.7 Å². The molecule has 1 saturated heterocycles. The van der Waals surface area contributed by atoms with Gasteiger partial charge in [-0.25, -0.2) is 0 Å². The summed E-state index contributed by atoms with van der Waals surface area (Å²) in [5.74, 6) is 0.883. The van der Waals surface area contributed by atoms with Crippen LogP contribution < -0.4 is 0 Å². The zero-order chi connectivity index (χ0) is 11.2. The fourth-order valence-electron chi connectivity index (χ4n) is 4.38. The van der Waals surface area contributed by atoms with Crippen molar-refractivity contribution in [2.45, 2.75) is 71.3 Å². The van der Waals surface area contributed by atoms with Crippen LogP contribution in [0.25, 0.3) is 0 Å². The smallest absolute Gasteiger partial charge is 0.0547 e. The third-order valence-corrected chi connectivity index (χ3v) is 6.05. The minimum Gasteiger partial charge on any atom is -0.378 e. The highest BCUT2D eigenvalue weighted by atomic mass is 16.5. The Morgan fingerprint density at radius 1 is 0.938 bits per heavy atom. The fraction of sp³-hybridized carbons (Fsp3) is 1.00. The lowest BCUT2D eigenvalue weighted by Crippen LogP contribution is -2.47. The molecule has 4 rings (SSSR count). The summed E-state index contributed by atoms with van der Waals surface area (Å²) in [6.07, 6.45) is 12.2. The van der Waals surface area contributed by atoms with Gasteiger partial charge in [-0.3, -0.25) is 0 Å². The lowest BCUT2D eigenvalue weighted by atomic mass is 9.50. The van der Waals surface area contributed by atoms with Crippen molar-refractivity contribution >= 4 is 0 Å². The SMILES string of the molecule is CC1CCC(C23CCC(C)(CC2)CC3)CO1. The number of rotatable bonds is 1. The first kappa shape index (κ1) is 11.1. The normalized spacial score (nSPS) is 52.9. The average Bonchev–Trinajstić information content (AvgIpc) is 2.31. The maximum absolute atomic E-state index is 5.91. The number of hydrogen-bond acceptors (Lipinski definition) is 1. The van der Waals surface area contributed by atoms with Crippen LogP contribution in [-0.2, 0) is 4.74 Å². The first-order chi connectivity index (χ1) is 7.62. The summed E-state index contributed by atoms with van der Waals surface area (Å²) in [7, 11) is 0. The van der Waals surface area contributed by atoms with Gasteiger partial charge in [-0.05, 0) is 75.0 Å². The molecule has 1 heterocycles. The highest BCUT2D eigenvalue weighted by Gasteiger charge is 2.50. The molecule has 1 nitrogen and oxygen atoms in total. The van der Waals surface area contributed by atoms with Gasteiger partial charge in [-0.15, -0.1) is 0 Å². The highest BCUT2D eigenvalue weighted by molar-refractivity contribution is 5.00. The first-order valence-corrected chi connectivity index (χ1v) is 7.24. The number of hydrogen-bond donors (Lipinski definition) is 0. The molecule has 0 aromatic rings. The molecule has 3 aliphatic carbocycles.